The molecule has 10 heteroatoms. The molecular formula is C17H16N2O5S3. The van der Waals surface area contributed by atoms with Crippen molar-refractivity contribution in [3.63, 3.8) is 0 Å². The zero-order chi connectivity index (χ0) is 19.0. The number of ether oxygens (including phenoxy) is 2. The van der Waals surface area contributed by atoms with Crippen LogP contribution in [0.5, 0.6) is 11.5 Å². The van der Waals surface area contributed by atoms with E-state index < -0.39 is 6.10 Å². The normalized spacial score (nSPS) is 25.5. The van der Waals surface area contributed by atoms with E-state index in [0.29, 0.717) is 32.2 Å². The molecule has 3 heterocycles. The third kappa shape index (κ3) is 3.93. The van der Waals surface area contributed by atoms with Crippen molar-refractivity contribution in [3.05, 3.63) is 28.7 Å². The van der Waals surface area contributed by atoms with E-state index in [9.17, 15) is 14.7 Å². The Morgan fingerprint density at radius 1 is 1.37 bits per heavy atom. The first-order chi connectivity index (χ1) is 13.0. The topological polar surface area (TPSA) is 88.1 Å². The van der Waals surface area contributed by atoms with Gasteiger partial charge < -0.3 is 19.9 Å². The molecule has 0 radical (unpaired) electrons. The minimum atomic E-state index is -0.559. The molecule has 2 saturated heterocycles. The van der Waals surface area contributed by atoms with Crippen LogP contribution in [0.2, 0.25) is 0 Å². The summed E-state index contributed by atoms with van der Waals surface area (Å²) in [5.41, 5.74) is 0.787. The highest BCUT2D eigenvalue weighted by molar-refractivity contribution is 8.26. The number of thioether (sulfide) groups is 2. The number of fused-ring (bicyclic) bond motifs is 1. The molecule has 7 nitrogen and oxygen atoms in total. The lowest BCUT2D eigenvalue weighted by molar-refractivity contribution is -0.129. The Hall–Kier alpha value is -1.75. The van der Waals surface area contributed by atoms with Crippen LogP contribution in [0.3, 0.4) is 0 Å². The van der Waals surface area contributed by atoms with Crippen LogP contribution in [0.1, 0.15) is 5.56 Å². The van der Waals surface area contributed by atoms with E-state index in [-0.39, 0.29) is 31.2 Å². The van der Waals surface area contributed by atoms with Gasteiger partial charge in [0, 0.05) is 11.5 Å². The van der Waals surface area contributed by atoms with Crippen LogP contribution in [0.15, 0.2) is 23.1 Å². The Kier molecular flexibility index (Phi) is 5.31. The number of carbonyl (C=O) groups is 2. The summed E-state index contributed by atoms with van der Waals surface area (Å²) in [7, 11) is 0. The van der Waals surface area contributed by atoms with Crippen LogP contribution in [0.25, 0.3) is 6.08 Å². The number of nitrogens with zero attached hydrogens (tertiary/aromatic N) is 1. The highest BCUT2D eigenvalue weighted by atomic mass is 32.2. The first kappa shape index (κ1) is 18.6. The van der Waals surface area contributed by atoms with Gasteiger partial charge in [-0.15, -0.1) is 0 Å². The first-order valence-corrected chi connectivity index (χ1v) is 10.6. The molecule has 3 aliphatic rings. The summed E-state index contributed by atoms with van der Waals surface area (Å²) >= 11 is 8.00. The lowest BCUT2D eigenvalue weighted by Gasteiger charge is -2.18. The van der Waals surface area contributed by atoms with E-state index in [4.69, 9.17) is 21.7 Å². The number of hydrogen-bond donors (Lipinski definition) is 2. The molecule has 0 aliphatic carbocycles. The van der Waals surface area contributed by atoms with Crippen molar-refractivity contribution in [1.29, 1.82) is 0 Å². The molecule has 2 atom stereocenters. The summed E-state index contributed by atoms with van der Waals surface area (Å²) in [6.45, 7) is 0.0290. The molecule has 1 aromatic carbocycles. The molecule has 4 rings (SSSR count). The zero-order valence-electron chi connectivity index (χ0n) is 14.0. The molecule has 142 valence electrons. The number of amides is 2. The average Bonchev–Trinajstić information content (AvgIpc) is 3.32. The van der Waals surface area contributed by atoms with Crippen LogP contribution in [0.4, 0.5) is 0 Å². The summed E-state index contributed by atoms with van der Waals surface area (Å²) < 4.78 is 11.0. The second-order valence-corrected chi connectivity index (χ2v) is 8.91. The quantitative estimate of drug-likeness (QED) is 0.551. The molecule has 2 N–H and O–H groups in total. The second-order valence-electron chi connectivity index (χ2n) is 6.16. The van der Waals surface area contributed by atoms with E-state index in [2.05, 4.69) is 5.32 Å². The molecule has 3 aliphatic heterocycles. The Labute approximate surface area is 169 Å². The van der Waals surface area contributed by atoms with Crippen LogP contribution < -0.4 is 14.8 Å². The predicted octanol–water partition coefficient (Wildman–Crippen LogP) is 1.21. The molecule has 0 spiro atoms. The summed E-state index contributed by atoms with van der Waals surface area (Å²) in [4.78, 5) is 26.6. The van der Waals surface area contributed by atoms with Crippen molar-refractivity contribution in [3.8, 4) is 11.5 Å². The van der Waals surface area contributed by atoms with Crippen molar-refractivity contribution in [2.75, 3.05) is 24.8 Å². The second kappa shape index (κ2) is 7.70. The minimum Gasteiger partial charge on any atom is -0.454 e. The van der Waals surface area contributed by atoms with Gasteiger partial charge >= 0.3 is 0 Å². The lowest BCUT2D eigenvalue weighted by Crippen LogP contribution is -2.47. The molecule has 2 fully saturated rings. The van der Waals surface area contributed by atoms with Gasteiger partial charge in [-0.25, -0.2) is 0 Å². The van der Waals surface area contributed by atoms with E-state index in [0.717, 1.165) is 17.3 Å². The maximum Gasteiger partial charge on any atom is 0.266 e. The van der Waals surface area contributed by atoms with Crippen molar-refractivity contribution < 1.29 is 24.2 Å². The molecule has 0 aromatic heterocycles. The Balaban J connectivity index is 1.43. The van der Waals surface area contributed by atoms with E-state index >= 15 is 0 Å². The number of carbonyl (C=O) groups excluding carboxylic acids is 2. The van der Waals surface area contributed by atoms with Gasteiger partial charge in [-0.3, -0.25) is 14.5 Å². The van der Waals surface area contributed by atoms with Crippen molar-refractivity contribution in [1.82, 2.24) is 10.2 Å². The number of thiocarbonyl (C=S) groups is 1. The lowest BCUT2D eigenvalue weighted by atomic mass is 10.2. The molecule has 0 saturated carbocycles. The van der Waals surface area contributed by atoms with Crippen LogP contribution in [0, 0.1) is 0 Å². The Morgan fingerprint density at radius 2 is 2.19 bits per heavy atom. The van der Waals surface area contributed by atoms with Crippen LogP contribution in [-0.4, -0.2) is 63.1 Å². The number of aliphatic hydroxyl groups is 1. The average molecular weight is 425 g/mol. The fraction of sp³-hybridized carbons (Fsp3) is 0.353. The van der Waals surface area contributed by atoms with E-state index in [1.807, 2.05) is 6.07 Å². The van der Waals surface area contributed by atoms with Gasteiger partial charge in [0.15, 0.2) is 11.5 Å². The van der Waals surface area contributed by atoms with Crippen molar-refractivity contribution in [2.24, 2.45) is 0 Å². The molecule has 27 heavy (non-hydrogen) atoms. The van der Waals surface area contributed by atoms with Gasteiger partial charge in [0.1, 0.15) is 10.9 Å². The first-order valence-electron chi connectivity index (χ1n) is 8.21. The summed E-state index contributed by atoms with van der Waals surface area (Å²) in [6.07, 6.45) is 1.16. The maximum atomic E-state index is 12.7. The summed E-state index contributed by atoms with van der Waals surface area (Å²) in [5.74, 6) is 1.93. The highest BCUT2D eigenvalue weighted by Gasteiger charge is 2.35. The van der Waals surface area contributed by atoms with Crippen molar-refractivity contribution in [2.45, 2.75) is 12.1 Å². The minimum absolute atomic E-state index is 0.156. The zero-order valence-corrected chi connectivity index (χ0v) is 16.5. The van der Waals surface area contributed by atoms with Gasteiger partial charge in [-0.1, -0.05) is 30.0 Å². The van der Waals surface area contributed by atoms with E-state index in [1.165, 1.54) is 4.90 Å². The van der Waals surface area contributed by atoms with Crippen LogP contribution in [-0.2, 0) is 9.59 Å². The Bertz CT molecular complexity index is 844. The SMILES string of the molecule is O=C(CN1C(=O)/C(=C/c2ccc3c(c2)OCO3)SC1=S)N[C@H]1CSC[C@H]1O. The van der Waals surface area contributed by atoms with Gasteiger partial charge in [0.2, 0.25) is 12.7 Å². The van der Waals surface area contributed by atoms with Gasteiger partial charge in [0.05, 0.1) is 17.1 Å². The molecule has 1 aromatic rings. The van der Waals surface area contributed by atoms with Gasteiger partial charge in [0.25, 0.3) is 5.91 Å². The standard InChI is InChI=1S/C17H16N2O5S3/c20-11-7-26-6-10(11)18-15(21)5-19-16(22)14(27-17(19)25)4-9-1-2-12-13(3-9)24-8-23-12/h1-4,10-11,20H,5-8H2,(H,18,21)/b14-4-/t10-,11+/m0/s1. The molecular weight excluding hydrogens is 408 g/mol. The third-order valence-electron chi connectivity index (χ3n) is 4.27. The summed E-state index contributed by atoms with van der Waals surface area (Å²) in [6, 6.07) is 5.12. The fourth-order valence-corrected chi connectivity index (χ4v) is 5.29. The highest BCUT2D eigenvalue weighted by Crippen LogP contribution is 2.36. The fourth-order valence-electron chi connectivity index (χ4n) is 2.87. The van der Waals surface area contributed by atoms with Crippen LogP contribution >= 0.6 is 35.7 Å². The largest absolute Gasteiger partial charge is 0.454 e. The molecule has 0 bridgehead atoms. The monoisotopic (exact) mass is 424 g/mol. The maximum absolute atomic E-state index is 12.7. The predicted molar refractivity (Wildman–Crippen MR) is 108 cm³/mol. The van der Waals surface area contributed by atoms with Gasteiger partial charge in [-0.05, 0) is 23.8 Å². The van der Waals surface area contributed by atoms with Crippen molar-refractivity contribution >= 4 is 58.0 Å². The smallest absolute Gasteiger partial charge is 0.266 e. The van der Waals surface area contributed by atoms with E-state index in [1.54, 1.807) is 30.0 Å². The molecule has 0 unspecified atom stereocenters. The number of rotatable bonds is 4. The molecule has 2 amide bonds. The number of nitrogens with one attached hydrogen (secondary N) is 1. The number of hydrogen-bond acceptors (Lipinski definition) is 8. The number of benzene rings is 1. The number of aliphatic hydroxyl groups excluding tert-OH is 1. The third-order valence-corrected chi connectivity index (χ3v) is 6.82. The Morgan fingerprint density at radius 3 is 2.96 bits per heavy atom. The van der Waals surface area contributed by atoms with Gasteiger partial charge in [-0.2, -0.15) is 11.8 Å². The summed E-state index contributed by atoms with van der Waals surface area (Å²) in [5, 5.41) is 12.6.